The van der Waals surface area contributed by atoms with Gasteiger partial charge in [0.1, 0.15) is 5.82 Å². The Kier molecular flexibility index (Phi) is 3.57. The van der Waals surface area contributed by atoms with Crippen LogP contribution in [0.3, 0.4) is 0 Å². The first-order valence-electron chi connectivity index (χ1n) is 5.63. The lowest BCUT2D eigenvalue weighted by Crippen LogP contribution is -2.10. The monoisotopic (exact) mass is 283 g/mol. The van der Waals surface area contributed by atoms with Crippen LogP contribution >= 0.6 is 0 Å². The number of nitrogens with zero attached hydrogens (tertiary/aromatic N) is 1. The number of carbonyl (C=O) groups excluding carboxylic acids is 1. The van der Waals surface area contributed by atoms with Gasteiger partial charge in [-0.3, -0.25) is 9.78 Å². The summed E-state index contributed by atoms with van der Waals surface area (Å²) in [5.74, 6) is -2.05. The van der Waals surface area contributed by atoms with E-state index in [4.69, 9.17) is 0 Å². The first-order chi connectivity index (χ1) is 9.29. The third-order valence-corrected chi connectivity index (χ3v) is 2.71. The van der Waals surface area contributed by atoms with E-state index in [0.717, 1.165) is 6.07 Å². The van der Waals surface area contributed by atoms with Crippen molar-refractivity contribution in [3.8, 4) is 0 Å². The van der Waals surface area contributed by atoms with Crippen molar-refractivity contribution >= 4 is 5.78 Å². The average molecular weight is 283 g/mol. The number of aromatic nitrogens is 1. The zero-order valence-electron chi connectivity index (χ0n) is 10.3. The summed E-state index contributed by atoms with van der Waals surface area (Å²) in [5, 5.41) is 0. The van der Waals surface area contributed by atoms with Crippen molar-refractivity contribution in [2.75, 3.05) is 0 Å². The number of hydrogen-bond donors (Lipinski definition) is 0. The van der Waals surface area contributed by atoms with Gasteiger partial charge >= 0.3 is 6.18 Å². The number of carbonyl (C=O) groups is 1. The van der Waals surface area contributed by atoms with Crippen molar-refractivity contribution in [1.29, 1.82) is 0 Å². The molecule has 0 spiro atoms. The highest BCUT2D eigenvalue weighted by atomic mass is 19.4. The predicted molar refractivity (Wildman–Crippen MR) is 63.8 cm³/mol. The Morgan fingerprint density at radius 2 is 1.75 bits per heavy atom. The standard InChI is InChI=1S/C14H9F4NO/c1-8-2-3-10(7-19-8)13(20)9-4-5-11(12(15)6-9)14(16,17)18/h2-7H,1H3. The molecule has 0 fully saturated rings. The summed E-state index contributed by atoms with van der Waals surface area (Å²) in [4.78, 5) is 15.9. The largest absolute Gasteiger partial charge is 0.419 e. The average Bonchev–Trinajstić information content (AvgIpc) is 2.37. The van der Waals surface area contributed by atoms with E-state index >= 15 is 0 Å². The third kappa shape index (κ3) is 2.84. The molecule has 0 N–H and O–H groups in total. The van der Waals surface area contributed by atoms with E-state index in [-0.39, 0.29) is 11.1 Å². The van der Waals surface area contributed by atoms with Gasteiger partial charge in [0.15, 0.2) is 5.78 Å². The molecule has 1 aromatic heterocycles. The highest BCUT2D eigenvalue weighted by Crippen LogP contribution is 2.31. The third-order valence-electron chi connectivity index (χ3n) is 2.71. The second-order valence-electron chi connectivity index (χ2n) is 4.21. The van der Waals surface area contributed by atoms with Gasteiger partial charge in [-0.05, 0) is 31.2 Å². The summed E-state index contributed by atoms with van der Waals surface area (Å²) in [5.41, 5.74) is -0.660. The maximum absolute atomic E-state index is 13.4. The van der Waals surface area contributed by atoms with Crippen LogP contribution < -0.4 is 0 Å². The maximum Gasteiger partial charge on any atom is 0.419 e. The SMILES string of the molecule is Cc1ccc(C(=O)c2ccc(C(F)(F)F)c(F)c2)cn1. The number of aryl methyl sites for hydroxylation is 1. The number of rotatable bonds is 2. The first kappa shape index (κ1) is 14.2. The topological polar surface area (TPSA) is 30.0 Å². The van der Waals surface area contributed by atoms with Crippen LogP contribution in [0.25, 0.3) is 0 Å². The fourth-order valence-electron chi connectivity index (χ4n) is 1.66. The predicted octanol–water partition coefficient (Wildman–Crippen LogP) is 3.78. The van der Waals surface area contributed by atoms with Gasteiger partial charge in [0.05, 0.1) is 5.56 Å². The molecule has 2 aromatic rings. The molecule has 0 bridgehead atoms. The van der Waals surface area contributed by atoms with Crippen molar-refractivity contribution in [3.05, 3.63) is 64.7 Å². The lowest BCUT2D eigenvalue weighted by Gasteiger charge is -2.09. The molecular formula is C14H9F4NO. The molecule has 0 aliphatic heterocycles. The Hall–Kier alpha value is -2.24. The Morgan fingerprint density at radius 3 is 2.25 bits per heavy atom. The van der Waals surface area contributed by atoms with Gasteiger partial charge in [-0.1, -0.05) is 6.07 Å². The molecule has 0 aliphatic carbocycles. The Bertz CT molecular complexity index is 647. The Balaban J connectivity index is 2.37. The van der Waals surface area contributed by atoms with E-state index in [2.05, 4.69) is 4.98 Å². The summed E-state index contributed by atoms with van der Waals surface area (Å²) in [7, 11) is 0. The van der Waals surface area contributed by atoms with E-state index in [1.165, 1.54) is 12.3 Å². The van der Waals surface area contributed by atoms with Crippen molar-refractivity contribution in [2.45, 2.75) is 13.1 Å². The van der Waals surface area contributed by atoms with E-state index < -0.39 is 23.3 Å². The number of pyridine rings is 1. The van der Waals surface area contributed by atoms with Gasteiger partial charge in [-0.2, -0.15) is 13.2 Å². The van der Waals surface area contributed by atoms with E-state index in [9.17, 15) is 22.4 Å². The van der Waals surface area contributed by atoms with Crippen molar-refractivity contribution in [2.24, 2.45) is 0 Å². The van der Waals surface area contributed by atoms with Gasteiger partial charge in [-0.15, -0.1) is 0 Å². The number of halogens is 4. The highest BCUT2D eigenvalue weighted by Gasteiger charge is 2.34. The fourth-order valence-corrected chi connectivity index (χ4v) is 1.66. The lowest BCUT2D eigenvalue weighted by atomic mass is 10.0. The molecule has 104 valence electrons. The van der Waals surface area contributed by atoms with Crippen molar-refractivity contribution in [3.63, 3.8) is 0 Å². The molecule has 6 heteroatoms. The van der Waals surface area contributed by atoms with Crippen LogP contribution in [0.1, 0.15) is 27.2 Å². The summed E-state index contributed by atoms with van der Waals surface area (Å²) in [6, 6.07) is 5.18. The molecule has 0 atom stereocenters. The van der Waals surface area contributed by atoms with E-state index in [1.54, 1.807) is 13.0 Å². The molecule has 0 amide bonds. The van der Waals surface area contributed by atoms with Crippen LogP contribution in [0, 0.1) is 12.7 Å². The fraction of sp³-hybridized carbons (Fsp3) is 0.143. The molecular weight excluding hydrogens is 274 g/mol. The summed E-state index contributed by atoms with van der Waals surface area (Å²) in [6.07, 6.45) is -3.48. The number of benzene rings is 1. The minimum atomic E-state index is -4.78. The van der Waals surface area contributed by atoms with Crippen molar-refractivity contribution < 1.29 is 22.4 Å². The van der Waals surface area contributed by atoms with E-state index in [1.807, 2.05) is 0 Å². The normalized spacial score (nSPS) is 11.4. The van der Waals surface area contributed by atoms with Crippen LogP contribution in [0.2, 0.25) is 0 Å². The number of hydrogen-bond acceptors (Lipinski definition) is 2. The van der Waals surface area contributed by atoms with Gasteiger partial charge in [0, 0.05) is 23.0 Å². The summed E-state index contributed by atoms with van der Waals surface area (Å²) in [6.45, 7) is 1.73. The van der Waals surface area contributed by atoms with Crippen LogP contribution in [-0.4, -0.2) is 10.8 Å². The molecule has 0 aliphatic rings. The van der Waals surface area contributed by atoms with Crippen LogP contribution in [0.15, 0.2) is 36.5 Å². The van der Waals surface area contributed by atoms with Gasteiger partial charge in [0.25, 0.3) is 0 Å². The molecule has 0 saturated carbocycles. The second-order valence-corrected chi connectivity index (χ2v) is 4.21. The first-order valence-corrected chi connectivity index (χ1v) is 5.63. The Morgan fingerprint density at radius 1 is 1.10 bits per heavy atom. The molecule has 0 unspecified atom stereocenters. The molecule has 1 heterocycles. The number of ketones is 1. The quantitative estimate of drug-likeness (QED) is 0.620. The van der Waals surface area contributed by atoms with Gasteiger partial charge < -0.3 is 0 Å². The maximum atomic E-state index is 13.4. The van der Waals surface area contributed by atoms with Gasteiger partial charge in [-0.25, -0.2) is 4.39 Å². The smallest absolute Gasteiger partial charge is 0.289 e. The van der Waals surface area contributed by atoms with E-state index in [0.29, 0.717) is 17.8 Å². The molecule has 20 heavy (non-hydrogen) atoms. The minimum Gasteiger partial charge on any atom is -0.289 e. The summed E-state index contributed by atoms with van der Waals surface area (Å²) < 4.78 is 50.6. The minimum absolute atomic E-state index is 0.152. The Labute approximate surface area is 112 Å². The lowest BCUT2D eigenvalue weighted by molar-refractivity contribution is -0.140. The molecule has 2 rings (SSSR count). The molecule has 0 saturated heterocycles. The number of alkyl halides is 3. The van der Waals surface area contributed by atoms with Crippen LogP contribution in [0.4, 0.5) is 17.6 Å². The molecule has 1 aromatic carbocycles. The molecule has 2 nitrogen and oxygen atoms in total. The zero-order valence-corrected chi connectivity index (χ0v) is 10.3. The zero-order chi connectivity index (χ0) is 14.9. The highest BCUT2D eigenvalue weighted by molar-refractivity contribution is 6.08. The molecule has 0 radical (unpaired) electrons. The van der Waals surface area contributed by atoms with Gasteiger partial charge in [0.2, 0.25) is 0 Å². The van der Waals surface area contributed by atoms with Crippen LogP contribution in [0.5, 0.6) is 0 Å². The second kappa shape index (κ2) is 5.03. The van der Waals surface area contributed by atoms with Crippen LogP contribution in [-0.2, 0) is 6.18 Å². The summed E-state index contributed by atoms with van der Waals surface area (Å²) >= 11 is 0. The van der Waals surface area contributed by atoms with Crippen molar-refractivity contribution in [1.82, 2.24) is 4.98 Å².